The third kappa shape index (κ3) is 4.22. The number of nitrogens with zero attached hydrogens (tertiary/aromatic N) is 2. The normalized spacial score (nSPS) is 17.8. The molecule has 180 valence electrons. The van der Waals surface area contributed by atoms with Crippen molar-refractivity contribution < 1.29 is 36.3 Å². The highest BCUT2D eigenvalue weighted by Gasteiger charge is 2.53. The lowest BCUT2D eigenvalue weighted by Gasteiger charge is -2.30. The van der Waals surface area contributed by atoms with Crippen LogP contribution in [0.5, 0.6) is 0 Å². The summed E-state index contributed by atoms with van der Waals surface area (Å²) >= 11 is 0. The van der Waals surface area contributed by atoms with Gasteiger partial charge in [0.2, 0.25) is 0 Å². The van der Waals surface area contributed by atoms with E-state index in [2.05, 4.69) is 5.32 Å². The molecule has 0 aromatic heterocycles. The van der Waals surface area contributed by atoms with Crippen molar-refractivity contribution in [1.82, 2.24) is 15.8 Å². The van der Waals surface area contributed by atoms with Crippen LogP contribution < -0.4 is 10.7 Å². The Labute approximate surface area is 195 Å². The molecule has 1 atom stereocenters. The van der Waals surface area contributed by atoms with Crippen molar-refractivity contribution in [3.05, 3.63) is 82.2 Å². The van der Waals surface area contributed by atoms with Gasteiger partial charge in [0.05, 0.1) is 23.9 Å². The molecule has 0 aliphatic carbocycles. The fourth-order valence-corrected chi connectivity index (χ4v) is 3.75. The summed E-state index contributed by atoms with van der Waals surface area (Å²) in [7, 11) is 0. The van der Waals surface area contributed by atoms with Crippen molar-refractivity contribution in [2.24, 2.45) is 0 Å². The van der Waals surface area contributed by atoms with E-state index in [4.69, 9.17) is 10.00 Å². The number of halogens is 5. The number of hydrogen-bond acceptors (Lipinski definition) is 6. The number of alkyl halides is 3. The minimum atomic E-state index is -5.00. The van der Waals surface area contributed by atoms with Crippen molar-refractivity contribution in [3.8, 4) is 6.07 Å². The van der Waals surface area contributed by atoms with Crippen molar-refractivity contribution in [2.45, 2.75) is 19.1 Å². The number of hydrogen-bond donors (Lipinski definition) is 2. The number of amides is 1. The summed E-state index contributed by atoms with van der Waals surface area (Å²) in [4.78, 5) is 25.9. The lowest BCUT2D eigenvalue weighted by atomic mass is 9.97. The third-order valence-corrected chi connectivity index (χ3v) is 5.27. The molecule has 2 N–H and O–H groups in total. The first-order chi connectivity index (χ1) is 16.6. The standard InChI is InChI=1S/C23H15F5N4O3/c1-2-35-22(34)17-18(12-5-3-11(10-29)4-6-12)30-20-16(14-8-7-13(24)9-15(14)25)19(23(26,27)28)31-32(20)21(17)33/h3-9,19,30-31H,2H2,1H3. The van der Waals surface area contributed by atoms with Gasteiger partial charge in [-0.05, 0) is 36.8 Å². The highest BCUT2D eigenvalue weighted by molar-refractivity contribution is 6.23. The lowest BCUT2D eigenvalue weighted by Crippen LogP contribution is -2.52. The first-order valence-corrected chi connectivity index (χ1v) is 10.1. The van der Waals surface area contributed by atoms with Crippen LogP contribution in [0.25, 0.3) is 11.3 Å². The number of hydrazine groups is 1. The van der Waals surface area contributed by atoms with Gasteiger partial charge in [0.25, 0.3) is 5.91 Å². The van der Waals surface area contributed by atoms with Crippen molar-refractivity contribution in [1.29, 1.82) is 5.26 Å². The summed E-state index contributed by atoms with van der Waals surface area (Å²) in [5.41, 5.74) is 0.290. The molecule has 7 nitrogen and oxygen atoms in total. The van der Waals surface area contributed by atoms with E-state index in [0.29, 0.717) is 11.1 Å². The van der Waals surface area contributed by atoms with Gasteiger partial charge in [0.1, 0.15) is 17.5 Å². The molecule has 1 amide bonds. The summed E-state index contributed by atoms with van der Waals surface area (Å²) in [6.07, 6.45) is -5.00. The molecular weight excluding hydrogens is 475 g/mol. The Bertz CT molecular complexity index is 1330. The highest BCUT2D eigenvalue weighted by atomic mass is 19.4. The molecule has 12 heteroatoms. The van der Waals surface area contributed by atoms with Gasteiger partial charge < -0.3 is 10.1 Å². The number of rotatable bonds is 4. The molecule has 2 aromatic carbocycles. The highest BCUT2D eigenvalue weighted by Crippen LogP contribution is 2.41. The molecule has 2 aliphatic heterocycles. The van der Waals surface area contributed by atoms with Gasteiger partial charge in [-0.3, -0.25) is 4.79 Å². The topological polar surface area (TPSA) is 94.5 Å². The van der Waals surface area contributed by atoms with E-state index >= 15 is 0 Å². The zero-order valence-electron chi connectivity index (χ0n) is 17.8. The molecule has 2 heterocycles. The number of carbonyl (C=O) groups excluding carboxylic acids is 2. The van der Waals surface area contributed by atoms with Crippen LogP contribution in [0.15, 0.2) is 53.9 Å². The van der Waals surface area contributed by atoms with E-state index in [9.17, 15) is 31.5 Å². The van der Waals surface area contributed by atoms with Gasteiger partial charge in [0, 0.05) is 17.2 Å². The van der Waals surface area contributed by atoms with Gasteiger partial charge in [-0.15, -0.1) is 0 Å². The molecule has 0 radical (unpaired) electrons. The predicted octanol–water partition coefficient (Wildman–Crippen LogP) is 3.36. The average Bonchev–Trinajstić information content (AvgIpc) is 3.19. The molecule has 2 aliphatic rings. The molecular formula is C23H15F5N4O3. The maximum absolute atomic E-state index is 14.6. The first kappa shape index (κ1) is 23.9. The van der Waals surface area contributed by atoms with Crippen LogP contribution in [0.4, 0.5) is 22.0 Å². The van der Waals surface area contributed by atoms with Crippen molar-refractivity contribution in [2.75, 3.05) is 6.61 Å². The number of benzene rings is 2. The quantitative estimate of drug-likeness (QED) is 0.388. The predicted molar refractivity (Wildman–Crippen MR) is 111 cm³/mol. The van der Waals surface area contributed by atoms with Crippen LogP contribution in [-0.2, 0) is 14.3 Å². The SMILES string of the molecule is CCOC(=O)C1=C(c2ccc(C#N)cc2)NC2=C(c3ccc(F)cc3F)C(C(F)(F)F)NN2C1=O. The van der Waals surface area contributed by atoms with Crippen LogP contribution in [0.2, 0.25) is 0 Å². The molecule has 0 spiro atoms. The largest absolute Gasteiger partial charge is 0.462 e. The maximum Gasteiger partial charge on any atom is 0.409 e. The third-order valence-electron chi connectivity index (χ3n) is 5.27. The average molecular weight is 490 g/mol. The lowest BCUT2D eigenvalue weighted by molar-refractivity contribution is -0.153. The minimum Gasteiger partial charge on any atom is -0.462 e. The number of fused-ring (bicyclic) bond motifs is 1. The fourth-order valence-electron chi connectivity index (χ4n) is 3.75. The Morgan fingerprint density at radius 1 is 1.17 bits per heavy atom. The zero-order valence-corrected chi connectivity index (χ0v) is 17.8. The second kappa shape index (κ2) is 8.84. The minimum absolute atomic E-state index is 0.121. The van der Waals surface area contributed by atoms with E-state index in [0.717, 1.165) is 12.1 Å². The Morgan fingerprint density at radius 2 is 1.86 bits per heavy atom. The van der Waals surface area contributed by atoms with E-state index < -0.39 is 58.3 Å². The Hall–Kier alpha value is -4.24. The summed E-state index contributed by atoms with van der Waals surface area (Å²) in [6.45, 7) is 1.36. The van der Waals surface area contributed by atoms with E-state index in [1.807, 2.05) is 11.5 Å². The molecule has 0 saturated carbocycles. The first-order valence-electron chi connectivity index (χ1n) is 10.1. The zero-order chi connectivity index (χ0) is 25.5. The monoisotopic (exact) mass is 490 g/mol. The van der Waals surface area contributed by atoms with Gasteiger partial charge >= 0.3 is 12.1 Å². The Kier molecular flexibility index (Phi) is 6.04. The van der Waals surface area contributed by atoms with Gasteiger partial charge in [-0.1, -0.05) is 12.1 Å². The second-order valence-corrected chi connectivity index (χ2v) is 7.42. The van der Waals surface area contributed by atoms with Crippen LogP contribution in [-0.4, -0.2) is 35.7 Å². The fraction of sp³-hybridized carbons (Fsp3) is 0.174. The molecule has 4 rings (SSSR count). The van der Waals surface area contributed by atoms with E-state index in [-0.39, 0.29) is 23.4 Å². The molecule has 0 saturated heterocycles. The van der Waals surface area contributed by atoms with E-state index in [1.54, 1.807) is 0 Å². The maximum atomic E-state index is 14.6. The number of nitriles is 1. The summed E-state index contributed by atoms with van der Waals surface area (Å²) in [6, 6.07) is 6.90. The Balaban J connectivity index is 1.96. The van der Waals surface area contributed by atoms with E-state index in [1.165, 1.54) is 31.2 Å². The van der Waals surface area contributed by atoms with Crippen molar-refractivity contribution >= 4 is 23.1 Å². The molecule has 35 heavy (non-hydrogen) atoms. The van der Waals surface area contributed by atoms with Gasteiger partial charge in [-0.25, -0.2) is 24.0 Å². The molecule has 2 aromatic rings. The summed E-state index contributed by atoms with van der Waals surface area (Å²) in [5, 5.41) is 12.1. The molecule has 1 unspecified atom stereocenters. The number of esters is 1. The van der Waals surface area contributed by atoms with Crippen LogP contribution in [0.3, 0.4) is 0 Å². The Morgan fingerprint density at radius 3 is 2.43 bits per heavy atom. The smallest absolute Gasteiger partial charge is 0.409 e. The van der Waals surface area contributed by atoms with Crippen LogP contribution in [0, 0.1) is 23.0 Å². The molecule has 0 fully saturated rings. The number of carbonyl (C=O) groups is 2. The van der Waals surface area contributed by atoms with Gasteiger partial charge in [0.15, 0.2) is 11.6 Å². The summed E-state index contributed by atoms with van der Waals surface area (Å²) in [5.74, 6) is -5.05. The van der Waals surface area contributed by atoms with Crippen molar-refractivity contribution in [3.63, 3.8) is 0 Å². The number of nitrogens with one attached hydrogen (secondary N) is 2. The van der Waals surface area contributed by atoms with Crippen LogP contribution >= 0.6 is 0 Å². The second-order valence-electron chi connectivity index (χ2n) is 7.42. The van der Waals surface area contributed by atoms with Gasteiger partial charge in [-0.2, -0.15) is 18.4 Å². The summed E-state index contributed by atoms with van der Waals surface area (Å²) < 4.78 is 74.9. The molecule has 0 bridgehead atoms. The van der Waals surface area contributed by atoms with Crippen LogP contribution in [0.1, 0.15) is 23.6 Å². The number of ether oxygens (including phenoxy) is 1.